The SMILES string of the molecule is Cn1ccc2cc(-c3nc(CS(=O)(=O)c4ccccc4)cc(N4CCOCC4)n3)ccc21. The van der Waals surface area contributed by atoms with Crippen molar-refractivity contribution in [3.05, 3.63) is 72.6 Å². The molecule has 0 amide bonds. The highest BCUT2D eigenvalue weighted by Crippen LogP contribution is 2.26. The third-order valence-corrected chi connectivity index (χ3v) is 7.35. The van der Waals surface area contributed by atoms with Crippen LogP contribution in [-0.2, 0) is 27.4 Å². The third-order valence-electron chi connectivity index (χ3n) is 5.68. The Balaban J connectivity index is 1.58. The van der Waals surface area contributed by atoms with Gasteiger partial charge < -0.3 is 14.2 Å². The third kappa shape index (κ3) is 4.11. The number of aryl methyl sites for hydroxylation is 1. The summed E-state index contributed by atoms with van der Waals surface area (Å²) in [5, 5.41) is 1.09. The fraction of sp³-hybridized carbons (Fsp3) is 0.250. The fourth-order valence-electron chi connectivity index (χ4n) is 3.97. The van der Waals surface area contributed by atoms with E-state index in [0.29, 0.717) is 42.7 Å². The molecule has 0 saturated carbocycles. The lowest BCUT2D eigenvalue weighted by Crippen LogP contribution is -2.37. The Kier molecular flexibility index (Phi) is 5.40. The van der Waals surface area contributed by atoms with Crippen LogP contribution in [0.25, 0.3) is 22.3 Å². The molecule has 0 radical (unpaired) electrons. The number of nitrogens with zero attached hydrogens (tertiary/aromatic N) is 4. The maximum absolute atomic E-state index is 13.0. The van der Waals surface area contributed by atoms with Crippen LogP contribution in [-0.4, -0.2) is 49.3 Å². The Labute approximate surface area is 187 Å². The average molecular weight is 449 g/mol. The Hall–Kier alpha value is -3.23. The number of anilines is 1. The first-order valence-electron chi connectivity index (χ1n) is 10.5. The molecule has 0 atom stereocenters. The molecule has 2 aromatic carbocycles. The smallest absolute Gasteiger partial charge is 0.184 e. The number of rotatable bonds is 5. The van der Waals surface area contributed by atoms with E-state index in [-0.39, 0.29) is 5.75 Å². The summed E-state index contributed by atoms with van der Waals surface area (Å²) in [6, 6.07) is 18.4. The molecule has 32 heavy (non-hydrogen) atoms. The Morgan fingerprint density at radius 2 is 1.75 bits per heavy atom. The van der Waals surface area contributed by atoms with Crippen LogP contribution in [0.5, 0.6) is 0 Å². The number of ether oxygens (including phenoxy) is 1. The van der Waals surface area contributed by atoms with Crippen LogP contribution >= 0.6 is 0 Å². The van der Waals surface area contributed by atoms with E-state index in [1.807, 2.05) is 37.5 Å². The molecule has 1 aliphatic rings. The molecule has 8 heteroatoms. The quantitative estimate of drug-likeness (QED) is 0.465. The number of fused-ring (bicyclic) bond motifs is 1. The number of sulfone groups is 1. The molecule has 4 aromatic rings. The lowest BCUT2D eigenvalue weighted by atomic mass is 10.1. The Bertz CT molecular complexity index is 1360. The van der Waals surface area contributed by atoms with Gasteiger partial charge in [0.1, 0.15) is 5.82 Å². The molecule has 0 N–H and O–H groups in total. The van der Waals surface area contributed by atoms with Gasteiger partial charge in [-0.25, -0.2) is 18.4 Å². The van der Waals surface area contributed by atoms with Gasteiger partial charge in [0, 0.05) is 48.9 Å². The zero-order valence-corrected chi connectivity index (χ0v) is 18.6. The molecular formula is C24H24N4O3S. The van der Waals surface area contributed by atoms with Crippen LogP contribution in [0.1, 0.15) is 5.69 Å². The summed E-state index contributed by atoms with van der Waals surface area (Å²) in [6.07, 6.45) is 2.01. The maximum Gasteiger partial charge on any atom is 0.184 e. The van der Waals surface area contributed by atoms with Crippen LogP contribution in [0.4, 0.5) is 5.82 Å². The summed E-state index contributed by atoms with van der Waals surface area (Å²) < 4.78 is 33.6. The molecule has 1 saturated heterocycles. The summed E-state index contributed by atoms with van der Waals surface area (Å²) in [6.45, 7) is 2.65. The van der Waals surface area contributed by atoms with E-state index in [4.69, 9.17) is 9.72 Å². The Morgan fingerprint density at radius 3 is 2.53 bits per heavy atom. The molecule has 3 heterocycles. The summed E-state index contributed by atoms with van der Waals surface area (Å²) in [5.74, 6) is 1.07. The van der Waals surface area contributed by atoms with Crippen molar-refractivity contribution in [3.63, 3.8) is 0 Å². The van der Waals surface area contributed by atoms with Gasteiger partial charge in [0.2, 0.25) is 0 Å². The van der Waals surface area contributed by atoms with Gasteiger partial charge in [-0.05, 0) is 36.4 Å². The van der Waals surface area contributed by atoms with Gasteiger partial charge in [-0.2, -0.15) is 0 Å². The number of benzene rings is 2. The number of aromatic nitrogens is 3. The van der Waals surface area contributed by atoms with E-state index in [0.717, 1.165) is 22.3 Å². The average Bonchev–Trinajstić information content (AvgIpc) is 3.20. The zero-order valence-electron chi connectivity index (χ0n) is 17.8. The predicted octanol–water partition coefficient (Wildman–Crippen LogP) is 3.45. The van der Waals surface area contributed by atoms with Gasteiger partial charge in [-0.1, -0.05) is 18.2 Å². The molecule has 2 aromatic heterocycles. The van der Waals surface area contributed by atoms with Crippen molar-refractivity contribution in [2.24, 2.45) is 7.05 Å². The van der Waals surface area contributed by atoms with Crippen molar-refractivity contribution >= 4 is 26.6 Å². The van der Waals surface area contributed by atoms with E-state index < -0.39 is 9.84 Å². The molecule has 0 bridgehead atoms. The maximum atomic E-state index is 13.0. The van der Waals surface area contributed by atoms with Gasteiger partial charge in [0.15, 0.2) is 15.7 Å². The van der Waals surface area contributed by atoms with E-state index >= 15 is 0 Å². The molecule has 1 aliphatic heterocycles. The summed E-state index contributed by atoms with van der Waals surface area (Å²) in [4.78, 5) is 11.9. The van der Waals surface area contributed by atoms with Crippen LogP contribution in [0, 0.1) is 0 Å². The molecule has 0 spiro atoms. The molecule has 7 nitrogen and oxygen atoms in total. The lowest BCUT2D eigenvalue weighted by Gasteiger charge is -2.28. The molecular weight excluding hydrogens is 424 g/mol. The minimum absolute atomic E-state index is 0.183. The first-order chi connectivity index (χ1) is 15.5. The lowest BCUT2D eigenvalue weighted by molar-refractivity contribution is 0.122. The van der Waals surface area contributed by atoms with Gasteiger partial charge in [-0.15, -0.1) is 0 Å². The predicted molar refractivity (Wildman–Crippen MR) is 124 cm³/mol. The van der Waals surface area contributed by atoms with Gasteiger partial charge >= 0.3 is 0 Å². The monoisotopic (exact) mass is 448 g/mol. The summed E-state index contributed by atoms with van der Waals surface area (Å²) >= 11 is 0. The van der Waals surface area contributed by atoms with Crippen molar-refractivity contribution in [2.75, 3.05) is 31.2 Å². The largest absolute Gasteiger partial charge is 0.378 e. The second kappa shape index (κ2) is 8.37. The molecule has 1 fully saturated rings. The molecule has 0 unspecified atom stereocenters. The molecule has 164 valence electrons. The zero-order chi connectivity index (χ0) is 22.1. The van der Waals surface area contributed by atoms with Crippen LogP contribution in [0.15, 0.2) is 71.8 Å². The highest BCUT2D eigenvalue weighted by Gasteiger charge is 2.20. The van der Waals surface area contributed by atoms with Crippen LogP contribution in [0.3, 0.4) is 0 Å². The minimum Gasteiger partial charge on any atom is -0.378 e. The summed E-state index contributed by atoms with van der Waals surface area (Å²) in [5.41, 5.74) is 2.45. The topological polar surface area (TPSA) is 77.3 Å². The normalized spacial score (nSPS) is 14.7. The van der Waals surface area contributed by atoms with Crippen molar-refractivity contribution < 1.29 is 13.2 Å². The summed E-state index contributed by atoms with van der Waals surface area (Å²) in [7, 11) is -1.52. The first-order valence-corrected chi connectivity index (χ1v) is 12.2. The number of hydrogen-bond donors (Lipinski definition) is 0. The first kappa shape index (κ1) is 20.7. The standard InChI is InChI=1S/C24H24N4O3S/c1-27-10-9-18-15-19(7-8-22(18)27)24-25-20(16-23(26-24)28-11-13-31-14-12-28)17-32(29,30)21-5-3-2-4-6-21/h2-10,15-16H,11-14,17H2,1H3. The van der Waals surface area contributed by atoms with Crippen molar-refractivity contribution in [1.82, 2.24) is 14.5 Å². The molecule has 0 aliphatic carbocycles. The van der Waals surface area contributed by atoms with Gasteiger partial charge in [-0.3, -0.25) is 0 Å². The van der Waals surface area contributed by atoms with E-state index in [2.05, 4.69) is 14.5 Å². The van der Waals surface area contributed by atoms with Crippen LogP contribution < -0.4 is 4.90 Å². The van der Waals surface area contributed by atoms with E-state index in [1.165, 1.54) is 0 Å². The Morgan fingerprint density at radius 1 is 0.969 bits per heavy atom. The number of hydrogen-bond acceptors (Lipinski definition) is 6. The van der Waals surface area contributed by atoms with Gasteiger partial charge in [0.25, 0.3) is 0 Å². The highest BCUT2D eigenvalue weighted by molar-refractivity contribution is 7.90. The van der Waals surface area contributed by atoms with E-state index in [1.54, 1.807) is 36.4 Å². The highest BCUT2D eigenvalue weighted by atomic mass is 32.2. The second-order valence-corrected chi connectivity index (χ2v) is 9.90. The van der Waals surface area contributed by atoms with Crippen LogP contribution in [0.2, 0.25) is 0 Å². The minimum atomic E-state index is -3.53. The second-order valence-electron chi connectivity index (χ2n) is 7.91. The van der Waals surface area contributed by atoms with E-state index in [9.17, 15) is 8.42 Å². The molecule has 5 rings (SSSR count). The van der Waals surface area contributed by atoms with Crippen molar-refractivity contribution in [2.45, 2.75) is 10.6 Å². The fourth-order valence-corrected chi connectivity index (χ4v) is 5.24. The van der Waals surface area contributed by atoms with Gasteiger partial charge in [0.05, 0.1) is 29.6 Å². The van der Waals surface area contributed by atoms with Crippen molar-refractivity contribution in [3.8, 4) is 11.4 Å². The van der Waals surface area contributed by atoms with Crippen molar-refractivity contribution in [1.29, 1.82) is 0 Å². The number of morpholine rings is 1.